The van der Waals surface area contributed by atoms with Gasteiger partial charge in [0.15, 0.2) is 0 Å². The third-order valence-electron chi connectivity index (χ3n) is 3.34. The second kappa shape index (κ2) is 6.00. The minimum absolute atomic E-state index is 0.0478. The van der Waals surface area contributed by atoms with Gasteiger partial charge in [-0.05, 0) is 26.0 Å². The molecule has 1 heterocycles. The molecular formula is C14H18FN3O2. The van der Waals surface area contributed by atoms with Crippen LogP contribution in [0.15, 0.2) is 18.2 Å². The maximum Gasteiger partial charge on any atom is 0.242 e. The fraction of sp³-hybridized carbons (Fsp3) is 0.429. The Morgan fingerprint density at radius 3 is 2.70 bits per heavy atom. The molecule has 0 aliphatic carbocycles. The maximum absolute atomic E-state index is 13.2. The zero-order valence-electron chi connectivity index (χ0n) is 11.6. The molecule has 0 aliphatic rings. The number of hydrogen-bond donors (Lipinski definition) is 1. The van der Waals surface area contributed by atoms with Gasteiger partial charge in [0, 0.05) is 19.2 Å². The van der Waals surface area contributed by atoms with Gasteiger partial charge in [0.25, 0.3) is 0 Å². The third kappa shape index (κ3) is 2.65. The first kappa shape index (κ1) is 14.5. The normalized spacial score (nSPS) is 11.0. The Hall–Kier alpha value is -1.95. The highest BCUT2D eigenvalue weighted by molar-refractivity contribution is 5.81. The van der Waals surface area contributed by atoms with Gasteiger partial charge in [-0.25, -0.2) is 9.37 Å². The molecule has 1 aromatic heterocycles. The largest absolute Gasteiger partial charge is 0.388 e. The monoisotopic (exact) mass is 279 g/mol. The fourth-order valence-corrected chi connectivity index (χ4v) is 2.26. The molecule has 1 aromatic carbocycles. The number of aliphatic hydroxyl groups is 1. The van der Waals surface area contributed by atoms with Crippen LogP contribution in [0.2, 0.25) is 0 Å². The van der Waals surface area contributed by atoms with E-state index in [1.165, 1.54) is 12.1 Å². The molecule has 0 saturated heterocycles. The van der Waals surface area contributed by atoms with Crippen molar-refractivity contribution < 1.29 is 14.3 Å². The zero-order chi connectivity index (χ0) is 14.7. The first-order valence-electron chi connectivity index (χ1n) is 6.64. The quantitative estimate of drug-likeness (QED) is 0.903. The molecule has 0 radical (unpaired) electrons. The molecule has 1 amide bonds. The van der Waals surface area contributed by atoms with Gasteiger partial charge in [-0.3, -0.25) is 4.79 Å². The summed E-state index contributed by atoms with van der Waals surface area (Å²) in [5.74, 6) is -0.0684. The summed E-state index contributed by atoms with van der Waals surface area (Å²) in [5, 5.41) is 9.35. The third-order valence-corrected chi connectivity index (χ3v) is 3.34. The number of hydrogen-bond acceptors (Lipinski definition) is 3. The lowest BCUT2D eigenvalue weighted by Gasteiger charge is -2.19. The molecule has 1 N–H and O–H groups in total. The number of carbonyl (C=O) groups is 1. The smallest absolute Gasteiger partial charge is 0.242 e. The Morgan fingerprint density at radius 2 is 2.10 bits per heavy atom. The summed E-state index contributed by atoms with van der Waals surface area (Å²) in [6.07, 6.45) is 0. The van der Waals surface area contributed by atoms with E-state index >= 15 is 0 Å². The van der Waals surface area contributed by atoms with Crippen molar-refractivity contribution in [1.29, 1.82) is 0 Å². The summed E-state index contributed by atoms with van der Waals surface area (Å²) < 4.78 is 14.8. The van der Waals surface area contributed by atoms with Crippen LogP contribution in [0.1, 0.15) is 19.7 Å². The lowest BCUT2D eigenvalue weighted by molar-refractivity contribution is -0.131. The number of aliphatic hydroxyl groups excluding tert-OH is 1. The minimum Gasteiger partial charge on any atom is -0.388 e. The predicted molar refractivity (Wildman–Crippen MR) is 73.5 cm³/mol. The van der Waals surface area contributed by atoms with Gasteiger partial charge in [-0.15, -0.1) is 0 Å². The van der Waals surface area contributed by atoms with E-state index in [2.05, 4.69) is 4.98 Å². The summed E-state index contributed by atoms with van der Waals surface area (Å²) in [7, 11) is 0. The van der Waals surface area contributed by atoms with Crippen molar-refractivity contribution in [3.8, 4) is 0 Å². The van der Waals surface area contributed by atoms with E-state index < -0.39 is 0 Å². The van der Waals surface area contributed by atoms with E-state index in [0.717, 1.165) is 0 Å². The highest BCUT2D eigenvalue weighted by Gasteiger charge is 2.16. The Bertz CT molecular complexity index is 620. The van der Waals surface area contributed by atoms with Gasteiger partial charge in [0.05, 0.1) is 11.0 Å². The summed E-state index contributed by atoms with van der Waals surface area (Å²) >= 11 is 0. The van der Waals surface area contributed by atoms with Crippen molar-refractivity contribution in [1.82, 2.24) is 14.5 Å². The van der Waals surface area contributed by atoms with E-state index in [4.69, 9.17) is 0 Å². The first-order chi connectivity index (χ1) is 9.60. The number of halogens is 1. The van der Waals surface area contributed by atoms with Crippen LogP contribution in [0.5, 0.6) is 0 Å². The van der Waals surface area contributed by atoms with Crippen molar-refractivity contribution in [2.75, 3.05) is 13.1 Å². The Balaban J connectivity index is 2.40. The number of carbonyl (C=O) groups excluding carboxylic acids is 1. The van der Waals surface area contributed by atoms with E-state index in [1.807, 2.05) is 13.8 Å². The number of amides is 1. The lowest BCUT2D eigenvalue weighted by atomic mass is 10.3. The Labute approximate surface area is 116 Å². The van der Waals surface area contributed by atoms with Gasteiger partial charge in [-0.2, -0.15) is 0 Å². The highest BCUT2D eigenvalue weighted by Crippen LogP contribution is 2.18. The minimum atomic E-state index is -0.387. The van der Waals surface area contributed by atoms with E-state index in [-0.39, 0.29) is 24.9 Å². The Morgan fingerprint density at radius 1 is 1.40 bits per heavy atom. The van der Waals surface area contributed by atoms with Crippen LogP contribution in [0, 0.1) is 5.82 Å². The molecule has 0 fully saturated rings. The van der Waals surface area contributed by atoms with E-state index in [9.17, 15) is 14.3 Å². The van der Waals surface area contributed by atoms with Crippen LogP contribution < -0.4 is 0 Å². The molecule has 2 rings (SSSR count). The second-order valence-electron chi connectivity index (χ2n) is 4.47. The van der Waals surface area contributed by atoms with Crippen molar-refractivity contribution in [2.24, 2.45) is 0 Å². The van der Waals surface area contributed by atoms with Crippen molar-refractivity contribution in [3.05, 3.63) is 29.8 Å². The van der Waals surface area contributed by atoms with Crippen LogP contribution in [0.3, 0.4) is 0 Å². The van der Waals surface area contributed by atoms with Crippen LogP contribution in [-0.4, -0.2) is 38.6 Å². The molecule has 6 heteroatoms. The number of rotatable bonds is 5. The van der Waals surface area contributed by atoms with E-state index in [0.29, 0.717) is 29.9 Å². The topological polar surface area (TPSA) is 58.4 Å². The molecule has 0 atom stereocenters. The van der Waals surface area contributed by atoms with Crippen molar-refractivity contribution in [3.63, 3.8) is 0 Å². The van der Waals surface area contributed by atoms with Gasteiger partial charge in [0.1, 0.15) is 24.8 Å². The number of imidazole rings is 1. The fourth-order valence-electron chi connectivity index (χ4n) is 2.26. The summed E-state index contributed by atoms with van der Waals surface area (Å²) in [5.41, 5.74) is 1.09. The van der Waals surface area contributed by atoms with Gasteiger partial charge in [-0.1, -0.05) is 0 Å². The number of benzene rings is 1. The van der Waals surface area contributed by atoms with Crippen LogP contribution in [-0.2, 0) is 17.9 Å². The maximum atomic E-state index is 13.2. The molecule has 20 heavy (non-hydrogen) atoms. The lowest BCUT2D eigenvalue weighted by Crippen LogP contribution is -2.33. The second-order valence-corrected chi connectivity index (χ2v) is 4.47. The SMILES string of the molecule is CCN(CC)C(=O)Cn1c(CO)nc2cc(F)ccc21. The molecule has 5 nitrogen and oxygen atoms in total. The molecule has 0 spiro atoms. The van der Waals surface area contributed by atoms with Crippen LogP contribution >= 0.6 is 0 Å². The van der Waals surface area contributed by atoms with Crippen LogP contribution in [0.4, 0.5) is 4.39 Å². The molecule has 0 saturated carbocycles. The first-order valence-corrected chi connectivity index (χ1v) is 6.64. The summed E-state index contributed by atoms with van der Waals surface area (Å²) in [4.78, 5) is 18.0. The van der Waals surface area contributed by atoms with Gasteiger partial charge in [0.2, 0.25) is 5.91 Å². The summed E-state index contributed by atoms with van der Waals surface area (Å²) in [6, 6.07) is 4.20. The average molecular weight is 279 g/mol. The standard InChI is InChI=1S/C14H18FN3O2/c1-3-17(4-2)14(20)8-18-12-6-5-10(15)7-11(12)16-13(18)9-19/h5-7,19H,3-4,8-9H2,1-2H3. The van der Waals surface area contributed by atoms with Gasteiger partial charge < -0.3 is 14.6 Å². The highest BCUT2D eigenvalue weighted by atomic mass is 19.1. The van der Waals surface area contributed by atoms with Crippen molar-refractivity contribution in [2.45, 2.75) is 27.0 Å². The molecule has 0 aliphatic heterocycles. The molecule has 0 bridgehead atoms. The number of nitrogens with zero attached hydrogens (tertiary/aromatic N) is 3. The number of aromatic nitrogens is 2. The van der Waals surface area contributed by atoms with Gasteiger partial charge >= 0.3 is 0 Å². The zero-order valence-corrected chi connectivity index (χ0v) is 11.6. The van der Waals surface area contributed by atoms with E-state index in [1.54, 1.807) is 15.5 Å². The summed E-state index contributed by atoms with van der Waals surface area (Å²) in [6.45, 7) is 4.89. The molecule has 0 unspecified atom stereocenters. The molecule has 2 aromatic rings. The molecular weight excluding hydrogens is 261 g/mol. The molecule has 108 valence electrons. The number of likely N-dealkylation sites (N-methyl/N-ethyl adjacent to an activating group) is 1. The predicted octanol–water partition coefficient (Wildman–Crippen LogP) is 1.54. The Kier molecular flexibility index (Phi) is 4.34. The van der Waals surface area contributed by atoms with Crippen LogP contribution in [0.25, 0.3) is 11.0 Å². The number of fused-ring (bicyclic) bond motifs is 1. The van der Waals surface area contributed by atoms with Crippen molar-refractivity contribution >= 4 is 16.9 Å². The average Bonchev–Trinajstić information content (AvgIpc) is 2.77.